The van der Waals surface area contributed by atoms with Crippen molar-refractivity contribution in [3.8, 4) is 0 Å². The highest BCUT2D eigenvalue weighted by Gasteiger charge is 2.38. The van der Waals surface area contributed by atoms with Crippen LogP contribution in [-0.2, 0) is 22.4 Å². The molecule has 25 heavy (non-hydrogen) atoms. The third-order valence-electron chi connectivity index (χ3n) is 4.87. The number of nitrogens with zero attached hydrogens (tertiary/aromatic N) is 2. The quantitative estimate of drug-likeness (QED) is 0.860. The fourth-order valence-electron chi connectivity index (χ4n) is 3.38. The minimum Gasteiger partial charge on any atom is -0.393 e. The van der Waals surface area contributed by atoms with Crippen molar-refractivity contribution < 1.29 is 14.6 Å². The number of amides is 1. The fourth-order valence-corrected chi connectivity index (χ4v) is 3.38. The Labute approximate surface area is 147 Å². The maximum absolute atomic E-state index is 12.8. The van der Waals surface area contributed by atoms with Crippen molar-refractivity contribution in [2.24, 2.45) is 0 Å². The molecule has 1 aromatic heterocycles. The van der Waals surface area contributed by atoms with Crippen molar-refractivity contribution in [2.45, 2.75) is 32.3 Å². The third-order valence-corrected chi connectivity index (χ3v) is 4.87. The van der Waals surface area contributed by atoms with Crippen LogP contribution < -0.4 is 0 Å². The van der Waals surface area contributed by atoms with E-state index >= 15 is 0 Å². The first-order valence-electron chi connectivity index (χ1n) is 8.60. The molecule has 1 amide bonds. The van der Waals surface area contributed by atoms with Gasteiger partial charge in [-0.2, -0.15) is 5.10 Å². The number of ether oxygens (including phenoxy) is 1. The first-order valence-corrected chi connectivity index (χ1v) is 8.60. The van der Waals surface area contributed by atoms with Crippen LogP contribution in [0.3, 0.4) is 0 Å². The maximum atomic E-state index is 12.8. The summed E-state index contributed by atoms with van der Waals surface area (Å²) in [7, 11) is 0. The van der Waals surface area contributed by atoms with E-state index in [1.54, 1.807) is 4.90 Å². The molecule has 1 aliphatic rings. The molecule has 2 N–H and O–H groups in total. The molecule has 2 aromatic rings. The molecular weight excluding hydrogens is 318 g/mol. The van der Waals surface area contributed by atoms with Crippen LogP contribution >= 0.6 is 0 Å². The number of aromatic amines is 1. The van der Waals surface area contributed by atoms with Gasteiger partial charge in [0.2, 0.25) is 5.91 Å². The Balaban J connectivity index is 1.71. The lowest BCUT2D eigenvalue weighted by Crippen LogP contribution is -2.57. The van der Waals surface area contributed by atoms with Crippen LogP contribution in [0.5, 0.6) is 0 Å². The number of carbonyl (C=O) groups is 1. The zero-order valence-electron chi connectivity index (χ0n) is 14.8. The summed E-state index contributed by atoms with van der Waals surface area (Å²) in [6, 6.07) is 9.93. The van der Waals surface area contributed by atoms with Gasteiger partial charge in [-0.05, 0) is 19.4 Å². The lowest BCUT2D eigenvalue weighted by atomic mass is 9.93. The number of aliphatic hydroxyl groups excluding tert-OH is 1. The fraction of sp³-hybridized carbons (Fsp3) is 0.474. The van der Waals surface area contributed by atoms with Gasteiger partial charge in [-0.25, -0.2) is 0 Å². The number of morpholine rings is 1. The van der Waals surface area contributed by atoms with Crippen LogP contribution in [-0.4, -0.2) is 58.0 Å². The Bertz CT molecular complexity index is 709. The molecule has 1 atom stereocenters. The molecule has 1 saturated heterocycles. The Kier molecular flexibility index (Phi) is 5.20. The normalized spacial score (nSPS) is 20.7. The summed E-state index contributed by atoms with van der Waals surface area (Å²) in [6.07, 6.45) is 0.902. The molecule has 0 spiro atoms. The van der Waals surface area contributed by atoms with Gasteiger partial charge in [0, 0.05) is 24.2 Å². The lowest BCUT2D eigenvalue weighted by molar-refractivity contribution is -0.157. The minimum atomic E-state index is -0.740. The Morgan fingerprint density at radius 2 is 2.12 bits per heavy atom. The second kappa shape index (κ2) is 7.37. The number of H-pyrrole nitrogens is 1. The van der Waals surface area contributed by atoms with Gasteiger partial charge in [0.05, 0.1) is 31.9 Å². The van der Waals surface area contributed by atoms with Gasteiger partial charge >= 0.3 is 0 Å². The number of nitrogens with one attached hydrogen (secondary N) is 1. The van der Waals surface area contributed by atoms with Crippen LogP contribution in [0.15, 0.2) is 30.3 Å². The molecule has 2 heterocycles. The number of aromatic nitrogens is 2. The smallest absolute Gasteiger partial charge is 0.227 e. The summed E-state index contributed by atoms with van der Waals surface area (Å²) in [4.78, 5) is 14.6. The summed E-state index contributed by atoms with van der Waals surface area (Å²) in [6.45, 7) is 5.09. The predicted molar refractivity (Wildman–Crippen MR) is 94.3 cm³/mol. The average molecular weight is 343 g/mol. The van der Waals surface area contributed by atoms with Gasteiger partial charge in [0.1, 0.15) is 5.60 Å². The second-order valence-electron chi connectivity index (χ2n) is 6.76. The van der Waals surface area contributed by atoms with Gasteiger partial charge in [-0.1, -0.05) is 30.3 Å². The Hall–Kier alpha value is -2.18. The molecule has 0 aliphatic carbocycles. The van der Waals surface area contributed by atoms with Crippen molar-refractivity contribution in [3.63, 3.8) is 0 Å². The lowest BCUT2D eigenvalue weighted by Gasteiger charge is -2.42. The molecule has 0 unspecified atom stereocenters. The molecule has 3 rings (SSSR count). The van der Waals surface area contributed by atoms with Crippen molar-refractivity contribution >= 4 is 5.91 Å². The predicted octanol–water partition coefficient (Wildman–Crippen LogP) is 1.40. The van der Waals surface area contributed by atoms with Crippen LogP contribution in [0, 0.1) is 13.8 Å². The van der Waals surface area contributed by atoms with E-state index in [1.165, 1.54) is 0 Å². The summed E-state index contributed by atoms with van der Waals surface area (Å²) in [5.41, 5.74) is 3.09. The van der Waals surface area contributed by atoms with Crippen molar-refractivity contribution in [1.29, 1.82) is 0 Å². The SMILES string of the molecule is Cc1n[nH]c(C)c1CC(=O)N1CCO[C@](CO)(Cc2ccccc2)C1. The summed E-state index contributed by atoms with van der Waals surface area (Å²) in [5.74, 6) is 0.0433. The number of hydrogen-bond donors (Lipinski definition) is 2. The molecule has 6 heteroatoms. The molecule has 6 nitrogen and oxygen atoms in total. The second-order valence-corrected chi connectivity index (χ2v) is 6.76. The number of aryl methyl sites for hydroxylation is 2. The molecular formula is C19H25N3O3. The number of aliphatic hydroxyl groups is 1. The minimum absolute atomic E-state index is 0.0433. The monoisotopic (exact) mass is 343 g/mol. The topological polar surface area (TPSA) is 78.5 Å². The van der Waals surface area contributed by atoms with Crippen LogP contribution in [0.1, 0.15) is 22.5 Å². The highest BCUT2D eigenvalue weighted by molar-refractivity contribution is 5.79. The Morgan fingerprint density at radius 3 is 2.76 bits per heavy atom. The van der Waals surface area contributed by atoms with E-state index in [0.717, 1.165) is 22.5 Å². The zero-order valence-corrected chi connectivity index (χ0v) is 14.8. The molecule has 1 aliphatic heterocycles. The first kappa shape index (κ1) is 17.6. The van der Waals surface area contributed by atoms with E-state index < -0.39 is 5.60 Å². The van der Waals surface area contributed by atoms with E-state index in [9.17, 15) is 9.90 Å². The molecule has 0 bridgehead atoms. The molecule has 1 aromatic carbocycles. The zero-order chi connectivity index (χ0) is 17.9. The highest BCUT2D eigenvalue weighted by Crippen LogP contribution is 2.24. The third kappa shape index (κ3) is 3.91. The van der Waals surface area contributed by atoms with Gasteiger partial charge in [0.15, 0.2) is 0 Å². The van der Waals surface area contributed by atoms with E-state index in [4.69, 9.17) is 4.74 Å². The highest BCUT2D eigenvalue weighted by atomic mass is 16.5. The summed E-state index contributed by atoms with van der Waals surface area (Å²) in [5, 5.41) is 17.0. The van der Waals surface area contributed by atoms with Crippen molar-refractivity contribution in [1.82, 2.24) is 15.1 Å². The largest absolute Gasteiger partial charge is 0.393 e. The Morgan fingerprint density at radius 1 is 1.36 bits per heavy atom. The average Bonchev–Trinajstić information content (AvgIpc) is 2.94. The van der Waals surface area contributed by atoms with Crippen LogP contribution in [0.4, 0.5) is 0 Å². The van der Waals surface area contributed by atoms with E-state index in [-0.39, 0.29) is 12.5 Å². The van der Waals surface area contributed by atoms with Crippen LogP contribution in [0.25, 0.3) is 0 Å². The number of hydrogen-bond acceptors (Lipinski definition) is 4. The summed E-state index contributed by atoms with van der Waals surface area (Å²) >= 11 is 0. The van der Waals surface area contributed by atoms with Crippen molar-refractivity contribution in [3.05, 3.63) is 52.8 Å². The maximum Gasteiger partial charge on any atom is 0.227 e. The van der Waals surface area contributed by atoms with Gasteiger partial charge < -0.3 is 14.7 Å². The number of rotatable bonds is 5. The molecule has 0 radical (unpaired) electrons. The number of carbonyl (C=O) groups excluding carboxylic acids is 1. The van der Waals surface area contributed by atoms with E-state index in [0.29, 0.717) is 32.5 Å². The first-order chi connectivity index (χ1) is 12.0. The number of benzene rings is 1. The van der Waals surface area contributed by atoms with Crippen molar-refractivity contribution in [2.75, 3.05) is 26.3 Å². The van der Waals surface area contributed by atoms with E-state index in [1.807, 2.05) is 44.2 Å². The van der Waals surface area contributed by atoms with E-state index in [2.05, 4.69) is 10.2 Å². The van der Waals surface area contributed by atoms with Gasteiger partial charge in [-0.3, -0.25) is 9.89 Å². The van der Waals surface area contributed by atoms with Crippen LogP contribution in [0.2, 0.25) is 0 Å². The van der Waals surface area contributed by atoms with Gasteiger partial charge in [0.25, 0.3) is 0 Å². The molecule has 0 saturated carbocycles. The molecule has 134 valence electrons. The van der Waals surface area contributed by atoms with Gasteiger partial charge in [-0.15, -0.1) is 0 Å². The standard InChI is InChI=1S/C19H25N3O3/c1-14-17(15(2)21-20-14)10-18(24)22-8-9-25-19(12-22,13-23)11-16-6-4-3-5-7-16/h3-7,23H,8-13H2,1-2H3,(H,20,21)/t19-/m1/s1. The molecule has 1 fully saturated rings. The summed E-state index contributed by atoms with van der Waals surface area (Å²) < 4.78 is 5.92.